The number of carbonyl (C=O) groups is 2. The summed E-state index contributed by atoms with van der Waals surface area (Å²) < 4.78 is 0. The summed E-state index contributed by atoms with van der Waals surface area (Å²) in [6.07, 6.45) is 1.56. The molecule has 0 fully saturated rings. The fourth-order valence-electron chi connectivity index (χ4n) is 1.01. The van der Waals surface area contributed by atoms with Gasteiger partial charge in [0, 0.05) is 13.2 Å². The average molecular weight is 262 g/mol. The Kier molecular flexibility index (Phi) is 9.95. The minimum absolute atomic E-state index is 0.129. The Morgan fingerprint density at radius 1 is 1.35 bits per heavy atom. The number of hydrogen-bond donors (Lipinski definition) is 3. The van der Waals surface area contributed by atoms with Crippen LogP contribution in [-0.4, -0.2) is 41.7 Å². The maximum atomic E-state index is 11.3. The largest absolute Gasteiger partial charge is 0.396 e. The van der Waals surface area contributed by atoms with E-state index in [1.54, 1.807) is 0 Å². The lowest BCUT2D eigenvalue weighted by atomic mass is 10.1. The molecular weight excluding hydrogens is 240 g/mol. The minimum Gasteiger partial charge on any atom is -0.396 e. The van der Waals surface area contributed by atoms with Gasteiger partial charge in [-0.3, -0.25) is 10.1 Å². The highest BCUT2D eigenvalue weighted by atomic mass is 32.2. The smallest absolute Gasteiger partial charge is 0.321 e. The number of imide groups is 1. The van der Waals surface area contributed by atoms with Crippen LogP contribution in [0.3, 0.4) is 0 Å². The SMILES string of the molecule is CC(C)CCNC(=O)NC(=O)CSCCCO. The molecule has 0 unspecified atom stereocenters. The molecule has 0 aliphatic heterocycles. The summed E-state index contributed by atoms with van der Waals surface area (Å²) in [5.41, 5.74) is 0. The normalized spacial score (nSPS) is 10.4. The lowest BCUT2D eigenvalue weighted by molar-refractivity contribution is -0.117. The van der Waals surface area contributed by atoms with E-state index in [1.807, 2.05) is 0 Å². The molecule has 0 radical (unpaired) electrons. The molecule has 6 heteroatoms. The summed E-state index contributed by atoms with van der Waals surface area (Å²) in [4.78, 5) is 22.5. The van der Waals surface area contributed by atoms with Crippen molar-refractivity contribution in [3.63, 3.8) is 0 Å². The molecule has 3 N–H and O–H groups in total. The van der Waals surface area contributed by atoms with E-state index in [2.05, 4.69) is 24.5 Å². The highest BCUT2D eigenvalue weighted by Gasteiger charge is 2.06. The van der Waals surface area contributed by atoms with Gasteiger partial charge in [-0.1, -0.05) is 13.8 Å². The van der Waals surface area contributed by atoms with Crippen LogP contribution < -0.4 is 10.6 Å². The summed E-state index contributed by atoms with van der Waals surface area (Å²) in [5.74, 6) is 1.20. The molecule has 0 bridgehead atoms. The predicted molar refractivity (Wildman–Crippen MR) is 70.0 cm³/mol. The van der Waals surface area contributed by atoms with Crippen molar-refractivity contribution in [1.82, 2.24) is 10.6 Å². The zero-order valence-electron chi connectivity index (χ0n) is 10.5. The quantitative estimate of drug-likeness (QED) is 0.570. The molecule has 17 heavy (non-hydrogen) atoms. The summed E-state index contributed by atoms with van der Waals surface area (Å²) in [5, 5.41) is 13.4. The van der Waals surface area contributed by atoms with E-state index in [0.717, 1.165) is 12.2 Å². The predicted octanol–water partition coefficient (Wildman–Crippen LogP) is 0.974. The van der Waals surface area contributed by atoms with Crippen LogP contribution in [-0.2, 0) is 4.79 Å². The Morgan fingerprint density at radius 3 is 2.65 bits per heavy atom. The van der Waals surface area contributed by atoms with Crippen LogP contribution in [0.5, 0.6) is 0 Å². The molecule has 0 rings (SSSR count). The van der Waals surface area contributed by atoms with Crippen LogP contribution in [0.4, 0.5) is 4.79 Å². The van der Waals surface area contributed by atoms with Crippen molar-refractivity contribution in [3.05, 3.63) is 0 Å². The third-order valence-corrected chi connectivity index (χ3v) is 2.98. The third kappa shape index (κ3) is 11.5. The van der Waals surface area contributed by atoms with Gasteiger partial charge in [0.2, 0.25) is 5.91 Å². The van der Waals surface area contributed by atoms with Gasteiger partial charge in [-0.05, 0) is 24.5 Å². The molecule has 100 valence electrons. The minimum atomic E-state index is -0.432. The van der Waals surface area contributed by atoms with Crippen molar-refractivity contribution in [3.8, 4) is 0 Å². The van der Waals surface area contributed by atoms with E-state index in [9.17, 15) is 9.59 Å². The molecule has 0 aromatic heterocycles. The number of thioether (sulfide) groups is 1. The van der Waals surface area contributed by atoms with Crippen molar-refractivity contribution in [2.24, 2.45) is 5.92 Å². The molecule has 0 aromatic carbocycles. The Balaban J connectivity index is 3.49. The molecular formula is C11H22N2O3S. The number of nitrogens with one attached hydrogen (secondary N) is 2. The van der Waals surface area contributed by atoms with Crippen LogP contribution in [0, 0.1) is 5.92 Å². The van der Waals surface area contributed by atoms with Gasteiger partial charge < -0.3 is 10.4 Å². The van der Waals surface area contributed by atoms with E-state index in [-0.39, 0.29) is 18.3 Å². The fourth-order valence-corrected chi connectivity index (χ4v) is 1.75. The number of rotatable bonds is 8. The second-order valence-electron chi connectivity index (χ2n) is 4.12. The molecule has 0 heterocycles. The summed E-state index contributed by atoms with van der Waals surface area (Å²) in [6.45, 7) is 4.85. The molecule has 0 aliphatic carbocycles. The number of carbonyl (C=O) groups excluding carboxylic acids is 2. The molecule has 0 saturated heterocycles. The summed E-state index contributed by atoms with van der Waals surface area (Å²) >= 11 is 1.40. The second-order valence-corrected chi connectivity index (χ2v) is 5.22. The van der Waals surface area contributed by atoms with E-state index in [4.69, 9.17) is 5.11 Å². The van der Waals surface area contributed by atoms with Gasteiger partial charge in [0.05, 0.1) is 5.75 Å². The Morgan fingerprint density at radius 2 is 2.06 bits per heavy atom. The first-order valence-corrected chi connectivity index (χ1v) is 6.98. The van der Waals surface area contributed by atoms with Gasteiger partial charge in [0.1, 0.15) is 0 Å². The van der Waals surface area contributed by atoms with Crippen molar-refractivity contribution < 1.29 is 14.7 Å². The Hall–Kier alpha value is -0.750. The molecule has 0 saturated carbocycles. The molecule has 0 aromatic rings. The van der Waals surface area contributed by atoms with Gasteiger partial charge in [0.15, 0.2) is 0 Å². The van der Waals surface area contributed by atoms with Crippen LogP contribution in [0.15, 0.2) is 0 Å². The summed E-state index contributed by atoms with van der Waals surface area (Å²) in [7, 11) is 0. The molecule has 0 aliphatic rings. The van der Waals surface area contributed by atoms with Crippen LogP contribution in [0.25, 0.3) is 0 Å². The Labute approximate surface area is 107 Å². The second kappa shape index (κ2) is 10.4. The Bertz CT molecular complexity index is 235. The number of urea groups is 1. The molecule has 3 amide bonds. The molecule has 0 atom stereocenters. The topological polar surface area (TPSA) is 78.4 Å². The van der Waals surface area contributed by atoms with Gasteiger partial charge in [-0.15, -0.1) is 0 Å². The zero-order chi connectivity index (χ0) is 13.1. The lowest BCUT2D eigenvalue weighted by Crippen LogP contribution is -2.40. The standard InChI is InChI=1S/C11H22N2O3S/c1-9(2)4-5-12-11(16)13-10(15)8-17-7-3-6-14/h9,14H,3-8H2,1-2H3,(H2,12,13,15,16). The van der Waals surface area contributed by atoms with E-state index in [1.165, 1.54) is 11.8 Å². The first kappa shape index (κ1) is 16.2. The first-order chi connectivity index (χ1) is 8.06. The third-order valence-electron chi connectivity index (χ3n) is 1.94. The highest BCUT2D eigenvalue weighted by Crippen LogP contribution is 2.00. The average Bonchev–Trinajstić information content (AvgIpc) is 2.23. The van der Waals surface area contributed by atoms with Crippen LogP contribution in [0.2, 0.25) is 0 Å². The van der Waals surface area contributed by atoms with E-state index in [0.29, 0.717) is 18.9 Å². The van der Waals surface area contributed by atoms with Gasteiger partial charge in [0.25, 0.3) is 0 Å². The molecule has 5 nitrogen and oxygen atoms in total. The van der Waals surface area contributed by atoms with Crippen molar-refractivity contribution in [2.75, 3.05) is 24.7 Å². The van der Waals surface area contributed by atoms with Gasteiger partial charge in [-0.25, -0.2) is 4.79 Å². The maximum Gasteiger partial charge on any atom is 0.321 e. The number of amides is 3. The van der Waals surface area contributed by atoms with Crippen molar-refractivity contribution >= 4 is 23.7 Å². The summed E-state index contributed by atoms with van der Waals surface area (Å²) in [6, 6.07) is -0.432. The first-order valence-electron chi connectivity index (χ1n) is 5.82. The monoisotopic (exact) mass is 262 g/mol. The maximum absolute atomic E-state index is 11.3. The fraction of sp³-hybridized carbons (Fsp3) is 0.818. The van der Waals surface area contributed by atoms with Crippen LogP contribution >= 0.6 is 11.8 Å². The van der Waals surface area contributed by atoms with Crippen LogP contribution in [0.1, 0.15) is 26.7 Å². The van der Waals surface area contributed by atoms with Gasteiger partial charge in [-0.2, -0.15) is 11.8 Å². The molecule has 0 spiro atoms. The highest BCUT2D eigenvalue weighted by molar-refractivity contribution is 7.99. The lowest BCUT2D eigenvalue weighted by Gasteiger charge is -2.07. The van der Waals surface area contributed by atoms with E-state index >= 15 is 0 Å². The number of aliphatic hydroxyl groups excluding tert-OH is 1. The number of aliphatic hydroxyl groups is 1. The zero-order valence-corrected chi connectivity index (χ0v) is 11.3. The van der Waals surface area contributed by atoms with Crippen molar-refractivity contribution in [2.45, 2.75) is 26.7 Å². The van der Waals surface area contributed by atoms with E-state index < -0.39 is 6.03 Å². The van der Waals surface area contributed by atoms with Crippen molar-refractivity contribution in [1.29, 1.82) is 0 Å². The number of hydrogen-bond acceptors (Lipinski definition) is 4. The van der Waals surface area contributed by atoms with Gasteiger partial charge >= 0.3 is 6.03 Å².